The second-order valence-corrected chi connectivity index (χ2v) is 12.2. The smallest absolute Gasteiger partial charge is 0.410 e. The van der Waals surface area contributed by atoms with Gasteiger partial charge in [0, 0.05) is 42.7 Å². The first kappa shape index (κ1) is 23.8. The predicted molar refractivity (Wildman–Crippen MR) is 131 cm³/mol. The minimum absolute atomic E-state index is 0.0138. The first-order chi connectivity index (χ1) is 16.4. The maximum absolute atomic E-state index is 13.5. The molecule has 9 heteroatoms. The third-order valence-corrected chi connectivity index (χ3v) is 8.31. The van der Waals surface area contributed by atoms with Crippen molar-refractivity contribution in [3.8, 4) is 6.07 Å². The van der Waals surface area contributed by atoms with Crippen molar-refractivity contribution >= 4 is 23.6 Å². The van der Waals surface area contributed by atoms with Crippen LogP contribution in [0.15, 0.2) is 6.33 Å². The molecule has 1 unspecified atom stereocenters. The normalized spacial score (nSPS) is 31.0. The molecule has 9 nitrogen and oxygen atoms in total. The van der Waals surface area contributed by atoms with Gasteiger partial charge in [0.2, 0.25) is 5.91 Å². The highest BCUT2D eigenvalue weighted by molar-refractivity contribution is 6.00. The molecule has 1 aromatic heterocycles. The Morgan fingerprint density at radius 1 is 1.14 bits per heavy atom. The van der Waals surface area contributed by atoms with Crippen molar-refractivity contribution in [1.29, 1.82) is 5.26 Å². The van der Waals surface area contributed by atoms with E-state index in [1.807, 2.05) is 39.5 Å². The number of amides is 2. The molecule has 3 fully saturated rings. The van der Waals surface area contributed by atoms with E-state index in [9.17, 15) is 14.9 Å². The van der Waals surface area contributed by atoms with Crippen molar-refractivity contribution in [1.82, 2.24) is 14.9 Å². The molecule has 0 N–H and O–H groups in total. The summed E-state index contributed by atoms with van der Waals surface area (Å²) in [6, 6.07) is 2.29. The summed E-state index contributed by atoms with van der Waals surface area (Å²) in [5, 5.41) is 9.48. The fraction of sp³-hybridized carbons (Fsp3) is 0.731. The monoisotopic (exact) mass is 480 g/mol. The quantitative estimate of drug-likeness (QED) is 0.637. The van der Waals surface area contributed by atoms with Crippen LogP contribution in [0.25, 0.3) is 0 Å². The van der Waals surface area contributed by atoms with Crippen LogP contribution in [0.4, 0.5) is 16.4 Å². The minimum atomic E-state index is -0.565. The van der Waals surface area contributed by atoms with Gasteiger partial charge in [0.25, 0.3) is 0 Å². The van der Waals surface area contributed by atoms with E-state index in [1.54, 1.807) is 11.2 Å². The number of hydrogen-bond acceptors (Lipinski definition) is 7. The second-order valence-electron chi connectivity index (χ2n) is 12.2. The Labute approximate surface area is 207 Å². The van der Waals surface area contributed by atoms with Crippen LogP contribution in [0.5, 0.6) is 0 Å². The maximum atomic E-state index is 13.5. The Kier molecular flexibility index (Phi) is 5.32. The van der Waals surface area contributed by atoms with E-state index < -0.39 is 11.0 Å². The molecule has 1 aromatic rings. The highest BCUT2D eigenvalue weighted by Crippen LogP contribution is 2.58. The number of rotatable bonds is 2. The zero-order valence-corrected chi connectivity index (χ0v) is 21.7. The third-order valence-electron chi connectivity index (χ3n) is 8.31. The summed E-state index contributed by atoms with van der Waals surface area (Å²) in [7, 11) is 0. The molecule has 2 amide bonds. The summed E-state index contributed by atoms with van der Waals surface area (Å²) in [5.41, 5.74) is -0.154. The average molecular weight is 481 g/mol. The molecule has 0 bridgehead atoms. The number of carbonyl (C=O) groups is 2. The molecule has 4 aliphatic rings. The number of hydrogen-bond donors (Lipinski definition) is 0. The zero-order valence-electron chi connectivity index (χ0n) is 21.7. The van der Waals surface area contributed by atoms with Crippen molar-refractivity contribution in [2.45, 2.75) is 90.3 Å². The number of carbonyl (C=O) groups excluding carboxylic acids is 2. The highest BCUT2D eigenvalue weighted by Gasteiger charge is 2.60. The van der Waals surface area contributed by atoms with Crippen molar-refractivity contribution in [2.75, 3.05) is 29.4 Å². The van der Waals surface area contributed by atoms with E-state index >= 15 is 0 Å². The Hall–Kier alpha value is -2.89. The molecule has 1 spiro atoms. The van der Waals surface area contributed by atoms with E-state index in [4.69, 9.17) is 9.72 Å². The summed E-state index contributed by atoms with van der Waals surface area (Å²) in [5.74, 6) is 1.35. The van der Waals surface area contributed by atoms with Gasteiger partial charge in [-0.05, 0) is 60.8 Å². The van der Waals surface area contributed by atoms with Gasteiger partial charge in [0.15, 0.2) is 0 Å². The topological polar surface area (TPSA) is 103 Å². The molecule has 1 saturated heterocycles. The maximum Gasteiger partial charge on any atom is 0.410 e. The second kappa shape index (κ2) is 7.81. The lowest BCUT2D eigenvalue weighted by molar-refractivity contribution is -0.120. The van der Waals surface area contributed by atoms with Gasteiger partial charge >= 0.3 is 6.09 Å². The first-order valence-electron chi connectivity index (χ1n) is 12.7. The molecule has 5 rings (SSSR count). The van der Waals surface area contributed by atoms with E-state index in [-0.39, 0.29) is 35.4 Å². The van der Waals surface area contributed by atoms with E-state index in [0.29, 0.717) is 31.9 Å². The third kappa shape index (κ3) is 3.82. The molecule has 3 heterocycles. The summed E-state index contributed by atoms with van der Waals surface area (Å²) >= 11 is 0. The summed E-state index contributed by atoms with van der Waals surface area (Å²) < 4.78 is 5.64. The van der Waals surface area contributed by atoms with Crippen LogP contribution in [0.3, 0.4) is 0 Å². The number of anilines is 2. The van der Waals surface area contributed by atoms with Crippen molar-refractivity contribution < 1.29 is 14.3 Å². The molecule has 35 heavy (non-hydrogen) atoms. The highest BCUT2D eigenvalue weighted by atomic mass is 16.6. The molecular weight excluding hydrogens is 444 g/mol. The molecule has 0 radical (unpaired) electrons. The number of nitrogens with zero attached hydrogens (tertiary/aromatic N) is 6. The van der Waals surface area contributed by atoms with Crippen molar-refractivity contribution in [3.05, 3.63) is 11.9 Å². The Morgan fingerprint density at radius 3 is 2.40 bits per heavy atom. The SMILES string of the molecule is C[C@@H]1CN(c2ncnc3c2C2(CCC2)CN3C(=O)C2C[C@@]2(C)C#N)[C@@H](C)CN1C(=O)OC(C)(C)C. The summed E-state index contributed by atoms with van der Waals surface area (Å²) in [4.78, 5) is 41.5. The fourth-order valence-corrected chi connectivity index (χ4v) is 5.95. The van der Waals surface area contributed by atoms with E-state index in [0.717, 1.165) is 30.6 Å². The number of ether oxygens (including phenoxy) is 1. The summed E-state index contributed by atoms with van der Waals surface area (Å²) in [6.07, 6.45) is 5.01. The Bertz CT molecular complexity index is 1100. The number of piperazine rings is 1. The largest absolute Gasteiger partial charge is 0.444 e. The molecule has 0 aromatic carbocycles. The van der Waals surface area contributed by atoms with Crippen LogP contribution in [0.2, 0.25) is 0 Å². The van der Waals surface area contributed by atoms with Gasteiger partial charge in [-0.3, -0.25) is 9.69 Å². The zero-order chi connectivity index (χ0) is 25.3. The van der Waals surface area contributed by atoms with Crippen LogP contribution in [-0.4, -0.2) is 64.2 Å². The Morgan fingerprint density at radius 2 is 1.83 bits per heavy atom. The lowest BCUT2D eigenvalue weighted by Crippen LogP contribution is -2.59. The van der Waals surface area contributed by atoms with Gasteiger partial charge in [-0.15, -0.1) is 0 Å². The van der Waals surface area contributed by atoms with Crippen molar-refractivity contribution in [2.24, 2.45) is 11.3 Å². The Balaban J connectivity index is 1.44. The van der Waals surface area contributed by atoms with Gasteiger partial charge in [-0.25, -0.2) is 14.8 Å². The molecule has 2 aliphatic carbocycles. The lowest BCUT2D eigenvalue weighted by Gasteiger charge is -2.46. The summed E-state index contributed by atoms with van der Waals surface area (Å²) in [6.45, 7) is 13.4. The molecular formula is C26H36N6O3. The molecule has 188 valence electrons. The van der Waals surface area contributed by atoms with Crippen LogP contribution in [0, 0.1) is 22.7 Å². The molecule has 4 atom stereocenters. The van der Waals surface area contributed by atoms with E-state index in [1.165, 1.54) is 0 Å². The fourth-order valence-electron chi connectivity index (χ4n) is 5.95. The van der Waals surface area contributed by atoms with Crippen LogP contribution in [0.1, 0.15) is 72.8 Å². The molecule has 2 saturated carbocycles. The van der Waals surface area contributed by atoms with Gasteiger partial charge in [-0.2, -0.15) is 5.26 Å². The number of aromatic nitrogens is 2. The lowest BCUT2D eigenvalue weighted by atomic mass is 9.66. The minimum Gasteiger partial charge on any atom is -0.444 e. The number of fused-ring (bicyclic) bond motifs is 2. The molecule has 2 aliphatic heterocycles. The predicted octanol–water partition coefficient (Wildman–Crippen LogP) is 3.63. The first-order valence-corrected chi connectivity index (χ1v) is 12.7. The average Bonchev–Trinajstić information content (AvgIpc) is 3.31. The van der Waals surface area contributed by atoms with Crippen LogP contribution < -0.4 is 9.80 Å². The van der Waals surface area contributed by atoms with E-state index in [2.05, 4.69) is 22.9 Å². The van der Waals surface area contributed by atoms with Gasteiger partial charge < -0.3 is 14.5 Å². The van der Waals surface area contributed by atoms with Gasteiger partial charge in [-0.1, -0.05) is 6.42 Å². The van der Waals surface area contributed by atoms with Crippen molar-refractivity contribution in [3.63, 3.8) is 0 Å². The van der Waals surface area contributed by atoms with Crippen LogP contribution in [-0.2, 0) is 14.9 Å². The van der Waals surface area contributed by atoms with Gasteiger partial charge in [0.05, 0.1) is 17.4 Å². The number of nitriles is 1. The standard InChI is InChI=1S/C26H36N6O3/c1-16-12-31(23(34)35-24(3,4)5)17(2)11-30(16)20-19-21(29-15-28-20)32(14-26(19)8-7-9-26)22(33)18-10-25(18,6)13-27/h15-18H,7-12,14H2,1-6H3/t16-,17+,18?,25-/m0/s1. The van der Waals surface area contributed by atoms with Crippen LogP contribution >= 0.6 is 0 Å². The van der Waals surface area contributed by atoms with Gasteiger partial charge in [0.1, 0.15) is 23.6 Å².